The zero-order chi connectivity index (χ0) is 14.5. The Bertz CT molecular complexity index is 576. The number of aromatic nitrogens is 5. The van der Waals surface area contributed by atoms with E-state index in [9.17, 15) is 4.79 Å². The average molecular weight is 278 g/mol. The van der Waals surface area contributed by atoms with Crippen LogP contribution in [-0.4, -0.2) is 31.0 Å². The van der Waals surface area contributed by atoms with Crippen molar-refractivity contribution in [2.45, 2.75) is 46.2 Å². The van der Waals surface area contributed by atoms with Gasteiger partial charge in [-0.1, -0.05) is 17.2 Å². The summed E-state index contributed by atoms with van der Waals surface area (Å²) < 4.78 is 6.37. The monoisotopic (exact) mass is 278 g/mol. The highest BCUT2D eigenvalue weighted by Gasteiger charge is 2.17. The number of aryl methyl sites for hydroxylation is 2. The van der Waals surface area contributed by atoms with Crippen LogP contribution in [0.3, 0.4) is 0 Å². The number of carbonyl (C=O) groups is 1. The minimum atomic E-state index is -0.211. The molecule has 8 nitrogen and oxygen atoms in total. The van der Waals surface area contributed by atoms with E-state index in [4.69, 9.17) is 0 Å². The Balaban J connectivity index is 1.97. The molecule has 108 valence electrons. The summed E-state index contributed by atoms with van der Waals surface area (Å²) in [6.07, 6.45) is 2.60. The van der Waals surface area contributed by atoms with Gasteiger partial charge in [-0.15, -0.1) is 0 Å². The highest BCUT2D eigenvalue weighted by molar-refractivity contribution is 5.78. The second-order valence-electron chi connectivity index (χ2n) is 4.60. The van der Waals surface area contributed by atoms with Crippen LogP contribution >= 0.6 is 0 Å². The molecule has 2 aromatic heterocycles. The van der Waals surface area contributed by atoms with Gasteiger partial charge in [0.25, 0.3) is 0 Å². The molecule has 0 saturated heterocycles. The van der Waals surface area contributed by atoms with Crippen LogP contribution in [0.5, 0.6) is 0 Å². The summed E-state index contributed by atoms with van der Waals surface area (Å²) in [7, 11) is 0. The van der Waals surface area contributed by atoms with Crippen molar-refractivity contribution in [2.75, 3.05) is 0 Å². The van der Waals surface area contributed by atoms with E-state index in [1.165, 1.54) is 6.33 Å². The summed E-state index contributed by atoms with van der Waals surface area (Å²) in [4.78, 5) is 16.2. The van der Waals surface area contributed by atoms with Gasteiger partial charge in [0.05, 0.1) is 12.5 Å². The third kappa shape index (κ3) is 3.19. The Morgan fingerprint density at radius 3 is 2.95 bits per heavy atom. The van der Waals surface area contributed by atoms with Crippen LogP contribution in [0, 0.1) is 6.92 Å². The Labute approximate surface area is 116 Å². The smallest absolute Gasteiger partial charge is 0.226 e. The zero-order valence-corrected chi connectivity index (χ0v) is 11.8. The lowest BCUT2D eigenvalue weighted by atomic mass is 10.2. The quantitative estimate of drug-likeness (QED) is 0.839. The number of carbonyl (C=O) groups excluding carboxylic acids is 1. The van der Waals surface area contributed by atoms with Crippen molar-refractivity contribution in [2.24, 2.45) is 0 Å². The molecule has 0 aromatic carbocycles. The molecule has 2 rings (SSSR count). The van der Waals surface area contributed by atoms with Crippen LogP contribution in [0.1, 0.15) is 43.5 Å². The van der Waals surface area contributed by atoms with Gasteiger partial charge >= 0.3 is 0 Å². The van der Waals surface area contributed by atoms with Gasteiger partial charge in [0.15, 0.2) is 0 Å². The molecule has 0 saturated carbocycles. The standard InChI is InChI=1S/C12H18N6O2/c1-4-5-18-12(13-7-14-18)9(3)15-11(19)6-10-8(2)16-20-17-10/h7,9H,4-6H2,1-3H3,(H,15,19)/t9-/m1/s1. The highest BCUT2D eigenvalue weighted by Crippen LogP contribution is 2.10. The minimum absolute atomic E-state index is 0.140. The topological polar surface area (TPSA) is 98.7 Å². The van der Waals surface area contributed by atoms with E-state index in [2.05, 4.69) is 37.3 Å². The maximum absolute atomic E-state index is 12.0. The molecule has 0 spiro atoms. The largest absolute Gasteiger partial charge is 0.346 e. The molecular weight excluding hydrogens is 260 g/mol. The van der Waals surface area contributed by atoms with Crippen LogP contribution in [0.2, 0.25) is 0 Å². The van der Waals surface area contributed by atoms with Crippen LogP contribution in [0.15, 0.2) is 11.0 Å². The van der Waals surface area contributed by atoms with Crippen molar-refractivity contribution in [3.8, 4) is 0 Å². The molecule has 1 amide bonds. The lowest BCUT2D eigenvalue weighted by Gasteiger charge is -2.13. The van der Waals surface area contributed by atoms with E-state index in [1.807, 2.05) is 6.92 Å². The molecule has 2 heterocycles. The van der Waals surface area contributed by atoms with Crippen molar-refractivity contribution in [1.29, 1.82) is 0 Å². The number of nitrogens with zero attached hydrogens (tertiary/aromatic N) is 5. The van der Waals surface area contributed by atoms with Gasteiger partial charge in [-0.25, -0.2) is 14.3 Å². The van der Waals surface area contributed by atoms with E-state index in [0.29, 0.717) is 11.4 Å². The molecular formula is C12H18N6O2. The first-order valence-corrected chi connectivity index (χ1v) is 6.57. The van der Waals surface area contributed by atoms with Crippen LogP contribution in [0.25, 0.3) is 0 Å². The number of hydrogen-bond donors (Lipinski definition) is 1. The molecule has 0 aliphatic heterocycles. The number of amides is 1. The average Bonchev–Trinajstić information content (AvgIpc) is 3.00. The first kappa shape index (κ1) is 14.2. The third-order valence-electron chi connectivity index (χ3n) is 2.92. The van der Waals surface area contributed by atoms with Gasteiger partial charge in [0.2, 0.25) is 5.91 Å². The number of rotatable bonds is 6. The van der Waals surface area contributed by atoms with E-state index < -0.39 is 0 Å². The van der Waals surface area contributed by atoms with E-state index in [-0.39, 0.29) is 18.4 Å². The summed E-state index contributed by atoms with van der Waals surface area (Å²) in [5.74, 6) is 0.595. The Kier molecular flexibility index (Phi) is 4.44. The maximum Gasteiger partial charge on any atom is 0.226 e. The van der Waals surface area contributed by atoms with Crippen molar-refractivity contribution in [3.05, 3.63) is 23.5 Å². The molecule has 2 aromatic rings. The van der Waals surface area contributed by atoms with Gasteiger partial charge in [-0.3, -0.25) is 4.79 Å². The van der Waals surface area contributed by atoms with Crippen LogP contribution < -0.4 is 5.32 Å². The molecule has 0 fully saturated rings. The minimum Gasteiger partial charge on any atom is -0.346 e. The zero-order valence-electron chi connectivity index (χ0n) is 11.8. The molecule has 0 bridgehead atoms. The number of nitrogens with one attached hydrogen (secondary N) is 1. The van der Waals surface area contributed by atoms with Crippen molar-refractivity contribution < 1.29 is 9.42 Å². The van der Waals surface area contributed by atoms with Crippen molar-refractivity contribution in [1.82, 2.24) is 30.4 Å². The van der Waals surface area contributed by atoms with Crippen molar-refractivity contribution >= 4 is 5.91 Å². The van der Waals surface area contributed by atoms with Crippen molar-refractivity contribution in [3.63, 3.8) is 0 Å². The Morgan fingerprint density at radius 1 is 1.50 bits per heavy atom. The van der Waals surface area contributed by atoms with E-state index >= 15 is 0 Å². The summed E-state index contributed by atoms with van der Waals surface area (Å²) in [5.41, 5.74) is 1.17. The summed E-state index contributed by atoms with van der Waals surface area (Å²) >= 11 is 0. The normalized spacial score (nSPS) is 12.3. The molecule has 0 radical (unpaired) electrons. The van der Waals surface area contributed by atoms with Gasteiger partial charge in [-0.05, 0) is 20.3 Å². The summed E-state index contributed by atoms with van der Waals surface area (Å²) in [6.45, 7) is 6.47. The first-order valence-electron chi connectivity index (χ1n) is 6.57. The van der Waals surface area contributed by atoms with Crippen LogP contribution in [-0.2, 0) is 17.8 Å². The second-order valence-corrected chi connectivity index (χ2v) is 4.60. The first-order chi connectivity index (χ1) is 9.61. The molecule has 1 atom stereocenters. The third-order valence-corrected chi connectivity index (χ3v) is 2.92. The molecule has 20 heavy (non-hydrogen) atoms. The maximum atomic E-state index is 12.0. The Hall–Kier alpha value is -2.25. The number of hydrogen-bond acceptors (Lipinski definition) is 6. The van der Waals surface area contributed by atoms with Crippen LogP contribution in [0.4, 0.5) is 0 Å². The molecule has 0 aliphatic rings. The summed E-state index contributed by atoms with van der Waals surface area (Å²) in [6, 6.07) is -0.211. The SMILES string of the molecule is CCCn1ncnc1[C@@H](C)NC(=O)Cc1nonc1C. The van der Waals surface area contributed by atoms with Gasteiger partial charge in [0, 0.05) is 6.54 Å². The fourth-order valence-electron chi connectivity index (χ4n) is 1.91. The fraction of sp³-hybridized carbons (Fsp3) is 0.583. The molecule has 0 aliphatic carbocycles. The Morgan fingerprint density at radius 2 is 2.30 bits per heavy atom. The predicted octanol–water partition coefficient (Wildman–Crippen LogP) is 0.799. The summed E-state index contributed by atoms with van der Waals surface area (Å²) in [5, 5.41) is 14.4. The second kappa shape index (κ2) is 6.27. The molecule has 0 unspecified atom stereocenters. The fourth-order valence-corrected chi connectivity index (χ4v) is 1.91. The molecule has 1 N–H and O–H groups in total. The molecule has 8 heteroatoms. The van der Waals surface area contributed by atoms with E-state index in [0.717, 1.165) is 18.8 Å². The lowest BCUT2D eigenvalue weighted by Crippen LogP contribution is -2.30. The highest BCUT2D eigenvalue weighted by atomic mass is 16.6. The van der Waals surface area contributed by atoms with Gasteiger partial charge in [-0.2, -0.15) is 5.10 Å². The van der Waals surface area contributed by atoms with E-state index in [1.54, 1.807) is 11.6 Å². The predicted molar refractivity (Wildman–Crippen MR) is 69.6 cm³/mol. The van der Waals surface area contributed by atoms with Gasteiger partial charge in [0.1, 0.15) is 23.5 Å². The lowest BCUT2D eigenvalue weighted by molar-refractivity contribution is -0.121. The van der Waals surface area contributed by atoms with Gasteiger partial charge < -0.3 is 5.32 Å².